The summed E-state index contributed by atoms with van der Waals surface area (Å²) < 4.78 is 0. The molecular formula is C28H24N4O2. The van der Waals surface area contributed by atoms with Gasteiger partial charge in [-0.1, -0.05) is 48.5 Å². The Bertz CT molecular complexity index is 1290. The number of aliphatic imine (C=N–C) groups is 1. The molecular weight excluding hydrogens is 424 g/mol. The number of nitrogen functional groups attached to an aromatic ring is 1. The lowest BCUT2D eigenvalue weighted by atomic mass is 10.0. The number of amides is 2. The van der Waals surface area contributed by atoms with Crippen LogP contribution in [-0.4, -0.2) is 12.1 Å². The fourth-order valence-corrected chi connectivity index (χ4v) is 3.55. The number of benzene rings is 4. The van der Waals surface area contributed by atoms with Crippen molar-refractivity contribution in [3.8, 4) is 0 Å². The molecule has 34 heavy (non-hydrogen) atoms. The summed E-state index contributed by atoms with van der Waals surface area (Å²) in [5.74, 6) is 0. The Morgan fingerprint density at radius 3 is 1.44 bits per heavy atom. The maximum Gasteiger partial charge on any atom is 0.323 e. The van der Waals surface area contributed by atoms with Gasteiger partial charge in [0.2, 0.25) is 6.08 Å². The molecule has 0 unspecified atom stereocenters. The Kier molecular flexibility index (Phi) is 7.13. The summed E-state index contributed by atoms with van der Waals surface area (Å²) in [4.78, 5) is 26.3. The molecule has 0 radical (unpaired) electrons. The van der Waals surface area contributed by atoms with Crippen molar-refractivity contribution in [3.05, 3.63) is 119 Å². The van der Waals surface area contributed by atoms with E-state index < -0.39 is 0 Å². The number of hydrogen-bond donors (Lipinski definition) is 3. The fraction of sp³-hybridized carbons (Fsp3) is 0.0714. The van der Waals surface area contributed by atoms with E-state index >= 15 is 0 Å². The van der Waals surface area contributed by atoms with Gasteiger partial charge in [0, 0.05) is 17.1 Å². The van der Waals surface area contributed by atoms with Gasteiger partial charge in [-0.05, 0) is 83.6 Å². The summed E-state index contributed by atoms with van der Waals surface area (Å²) in [6.45, 7) is 0. The number of urea groups is 1. The van der Waals surface area contributed by atoms with Crippen molar-refractivity contribution in [2.45, 2.75) is 12.8 Å². The minimum absolute atomic E-state index is 0.301. The van der Waals surface area contributed by atoms with E-state index in [0.717, 1.165) is 40.9 Å². The second-order valence-electron chi connectivity index (χ2n) is 7.94. The van der Waals surface area contributed by atoms with Crippen molar-refractivity contribution in [1.29, 1.82) is 0 Å². The maximum absolute atomic E-state index is 12.4. The van der Waals surface area contributed by atoms with Crippen LogP contribution < -0.4 is 16.4 Å². The summed E-state index contributed by atoms with van der Waals surface area (Å²) in [6, 6.07) is 30.4. The molecule has 2 amide bonds. The third-order valence-electron chi connectivity index (χ3n) is 5.33. The molecule has 0 aliphatic heterocycles. The number of rotatable bonds is 7. The van der Waals surface area contributed by atoms with Crippen LogP contribution in [0.2, 0.25) is 0 Å². The molecule has 0 fully saturated rings. The summed E-state index contributed by atoms with van der Waals surface area (Å²) in [5.41, 5.74) is 13.0. The first-order chi connectivity index (χ1) is 16.6. The molecule has 0 aromatic heterocycles. The maximum atomic E-state index is 12.4. The average molecular weight is 449 g/mol. The third-order valence-corrected chi connectivity index (χ3v) is 5.33. The number of anilines is 3. The van der Waals surface area contributed by atoms with E-state index in [-0.39, 0.29) is 6.03 Å². The predicted molar refractivity (Wildman–Crippen MR) is 136 cm³/mol. The van der Waals surface area contributed by atoms with Crippen LogP contribution in [0.4, 0.5) is 27.5 Å². The lowest BCUT2D eigenvalue weighted by Gasteiger charge is -2.10. The normalized spacial score (nSPS) is 10.2. The van der Waals surface area contributed by atoms with Crippen molar-refractivity contribution >= 4 is 34.9 Å². The van der Waals surface area contributed by atoms with Gasteiger partial charge in [-0.3, -0.25) is 0 Å². The number of nitrogens with one attached hydrogen (secondary N) is 2. The van der Waals surface area contributed by atoms with Crippen molar-refractivity contribution in [3.63, 3.8) is 0 Å². The van der Waals surface area contributed by atoms with Gasteiger partial charge in [0.1, 0.15) is 0 Å². The Morgan fingerprint density at radius 1 is 0.647 bits per heavy atom. The summed E-state index contributed by atoms with van der Waals surface area (Å²) >= 11 is 0. The molecule has 4 aromatic carbocycles. The summed E-state index contributed by atoms with van der Waals surface area (Å²) in [6.07, 6.45) is 3.07. The smallest absolute Gasteiger partial charge is 0.323 e. The van der Waals surface area contributed by atoms with Crippen LogP contribution in [0.1, 0.15) is 22.3 Å². The minimum atomic E-state index is -0.301. The average Bonchev–Trinajstić information content (AvgIpc) is 2.84. The van der Waals surface area contributed by atoms with Crippen LogP contribution in [0.3, 0.4) is 0 Å². The first kappa shape index (κ1) is 22.5. The van der Waals surface area contributed by atoms with Gasteiger partial charge in [-0.25, -0.2) is 9.59 Å². The van der Waals surface area contributed by atoms with Crippen LogP contribution >= 0.6 is 0 Å². The fourth-order valence-electron chi connectivity index (χ4n) is 3.55. The van der Waals surface area contributed by atoms with Gasteiger partial charge in [0.15, 0.2) is 0 Å². The van der Waals surface area contributed by atoms with E-state index in [0.29, 0.717) is 11.4 Å². The largest absolute Gasteiger partial charge is 0.399 e. The summed E-state index contributed by atoms with van der Waals surface area (Å²) in [7, 11) is 0. The highest BCUT2D eigenvalue weighted by atomic mass is 16.2. The quantitative estimate of drug-likeness (QED) is 0.182. The SMILES string of the molecule is Nc1ccc(Cc2ccc(NC(=O)Nc3ccc(Cc4ccc(N=C=O)cc4)cc3)cc2)cc1. The number of carbonyl (C=O) groups is 1. The van der Waals surface area contributed by atoms with Gasteiger partial charge < -0.3 is 16.4 Å². The molecule has 4 aromatic rings. The van der Waals surface area contributed by atoms with Gasteiger partial charge in [0.05, 0.1) is 5.69 Å². The van der Waals surface area contributed by atoms with Gasteiger partial charge in [-0.2, -0.15) is 4.99 Å². The van der Waals surface area contributed by atoms with Crippen LogP contribution in [-0.2, 0) is 17.6 Å². The molecule has 0 aliphatic rings. The zero-order chi connectivity index (χ0) is 23.8. The van der Waals surface area contributed by atoms with E-state index in [9.17, 15) is 9.59 Å². The highest BCUT2D eigenvalue weighted by molar-refractivity contribution is 5.99. The Balaban J connectivity index is 1.28. The molecule has 0 atom stereocenters. The zero-order valence-electron chi connectivity index (χ0n) is 18.5. The Labute approximate surface area is 198 Å². The number of nitrogens with two attached hydrogens (primary N) is 1. The van der Waals surface area contributed by atoms with Crippen molar-refractivity contribution in [1.82, 2.24) is 0 Å². The molecule has 168 valence electrons. The standard InChI is InChI=1S/C28H24N4O2/c29-24-9-1-20(2-10-24)17-22-5-13-26(14-6-22)31-28(34)32-27-15-7-23(8-16-27)18-21-3-11-25(12-4-21)30-19-33/h1-16H,17-18,29H2,(H2,31,32,34). The number of hydrogen-bond acceptors (Lipinski definition) is 4. The van der Waals surface area contributed by atoms with Gasteiger partial charge >= 0.3 is 6.03 Å². The topological polar surface area (TPSA) is 96.6 Å². The van der Waals surface area contributed by atoms with E-state index in [1.807, 2.05) is 84.9 Å². The van der Waals surface area contributed by atoms with Gasteiger partial charge in [0.25, 0.3) is 0 Å². The van der Waals surface area contributed by atoms with Crippen LogP contribution in [0.15, 0.2) is 102 Å². The third kappa shape index (κ3) is 6.42. The first-order valence-electron chi connectivity index (χ1n) is 10.8. The predicted octanol–water partition coefficient (Wildman–Crippen LogP) is 6.06. The molecule has 0 bridgehead atoms. The van der Waals surface area contributed by atoms with E-state index in [1.54, 1.807) is 12.1 Å². The van der Waals surface area contributed by atoms with E-state index in [1.165, 1.54) is 11.6 Å². The first-order valence-corrected chi connectivity index (χ1v) is 10.8. The lowest BCUT2D eigenvalue weighted by Crippen LogP contribution is -2.19. The second kappa shape index (κ2) is 10.8. The monoisotopic (exact) mass is 448 g/mol. The Hall–Kier alpha value is -4.67. The molecule has 0 heterocycles. The second-order valence-corrected chi connectivity index (χ2v) is 7.94. The van der Waals surface area contributed by atoms with E-state index in [4.69, 9.17) is 5.73 Å². The van der Waals surface area contributed by atoms with Crippen LogP contribution in [0, 0.1) is 0 Å². The van der Waals surface area contributed by atoms with Crippen LogP contribution in [0.5, 0.6) is 0 Å². The highest BCUT2D eigenvalue weighted by Gasteiger charge is 2.04. The highest BCUT2D eigenvalue weighted by Crippen LogP contribution is 2.18. The van der Waals surface area contributed by atoms with Crippen LogP contribution in [0.25, 0.3) is 0 Å². The molecule has 4 N–H and O–H groups in total. The minimum Gasteiger partial charge on any atom is -0.399 e. The Morgan fingerprint density at radius 2 is 1.03 bits per heavy atom. The van der Waals surface area contributed by atoms with Crippen molar-refractivity contribution in [2.24, 2.45) is 4.99 Å². The zero-order valence-corrected chi connectivity index (χ0v) is 18.5. The molecule has 4 rings (SSSR count). The summed E-state index contributed by atoms with van der Waals surface area (Å²) in [5, 5.41) is 5.71. The molecule has 0 aliphatic carbocycles. The number of carbonyl (C=O) groups excluding carboxylic acids is 2. The molecule has 0 spiro atoms. The number of isocyanates is 1. The lowest BCUT2D eigenvalue weighted by molar-refractivity contribution is 0.262. The molecule has 6 heteroatoms. The van der Waals surface area contributed by atoms with Crippen molar-refractivity contribution in [2.75, 3.05) is 16.4 Å². The van der Waals surface area contributed by atoms with Gasteiger partial charge in [-0.15, -0.1) is 0 Å². The van der Waals surface area contributed by atoms with E-state index in [2.05, 4.69) is 15.6 Å². The molecule has 0 saturated heterocycles. The number of nitrogens with zero attached hydrogens (tertiary/aromatic N) is 1. The van der Waals surface area contributed by atoms with Crippen molar-refractivity contribution < 1.29 is 9.59 Å². The molecule has 6 nitrogen and oxygen atoms in total. The molecule has 0 saturated carbocycles.